The van der Waals surface area contributed by atoms with Crippen molar-refractivity contribution in [3.8, 4) is 0 Å². The van der Waals surface area contributed by atoms with Crippen molar-refractivity contribution in [2.75, 3.05) is 6.54 Å². The molecule has 0 fully saturated rings. The second kappa shape index (κ2) is 7.06. The molecule has 3 heteroatoms. The lowest BCUT2D eigenvalue weighted by Crippen LogP contribution is -2.23. The molecule has 2 aromatic carbocycles. The lowest BCUT2D eigenvalue weighted by molar-refractivity contribution is 0.548. The van der Waals surface area contributed by atoms with Gasteiger partial charge in [0.05, 0.1) is 5.02 Å². The Morgan fingerprint density at radius 3 is 2.33 bits per heavy atom. The number of likely N-dealkylation sites (N-methyl/N-ethyl adjacent to an activating group) is 1. The summed E-state index contributed by atoms with van der Waals surface area (Å²) in [4.78, 5) is 0. The van der Waals surface area contributed by atoms with E-state index in [0.717, 1.165) is 18.5 Å². The minimum atomic E-state index is -0.369. The van der Waals surface area contributed by atoms with Gasteiger partial charge < -0.3 is 5.32 Å². The molecule has 21 heavy (non-hydrogen) atoms. The van der Waals surface area contributed by atoms with Gasteiger partial charge in [0.15, 0.2) is 0 Å². The van der Waals surface area contributed by atoms with Crippen LogP contribution in [0, 0.1) is 19.7 Å². The maximum absolute atomic E-state index is 13.3. The number of benzene rings is 2. The molecule has 0 radical (unpaired) electrons. The number of halogens is 2. The Bertz CT molecular complexity index is 604. The SMILES string of the molecule is CCNC(Cc1ccc(F)c(Cl)c1)c1cc(C)cc(C)c1. The van der Waals surface area contributed by atoms with Crippen LogP contribution < -0.4 is 5.32 Å². The highest BCUT2D eigenvalue weighted by Gasteiger charge is 2.13. The highest BCUT2D eigenvalue weighted by molar-refractivity contribution is 6.30. The Hall–Kier alpha value is -1.38. The summed E-state index contributed by atoms with van der Waals surface area (Å²) >= 11 is 5.88. The van der Waals surface area contributed by atoms with E-state index in [1.807, 2.05) is 0 Å². The molecule has 1 nitrogen and oxygen atoms in total. The number of nitrogens with one attached hydrogen (secondary N) is 1. The summed E-state index contributed by atoms with van der Waals surface area (Å²) in [6.07, 6.45) is 0.788. The Kier molecular flexibility index (Phi) is 5.38. The lowest BCUT2D eigenvalue weighted by atomic mass is 9.96. The number of hydrogen-bond acceptors (Lipinski definition) is 1. The fourth-order valence-corrected chi connectivity index (χ4v) is 2.87. The molecule has 1 unspecified atom stereocenters. The summed E-state index contributed by atoms with van der Waals surface area (Å²) < 4.78 is 13.3. The van der Waals surface area contributed by atoms with Crippen molar-refractivity contribution in [2.24, 2.45) is 0 Å². The maximum atomic E-state index is 13.3. The topological polar surface area (TPSA) is 12.0 Å². The predicted molar refractivity (Wildman–Crippen MR) is 87.4 cm³/mol. The van der Waals surface area contributed by atoms with E-state index in [1.165, 1.54) is 22.8 Å². The van der Waals surface area contributed by atoms with Crippen LogP contribution in [-0.4, -0.2) is 6.54 Å². The van der Waals surface area contributed by atoms with E-state index in [2.05, 4.69) is 44.3 Å². The highest BCUT2D eigenvalue weighted by Crippen LogP contribution is 2.23. The summed E-state index contributed by atoms with van der Waals surface area (Å²) in [7, 11) is 0. The quantitative estimate of drug-likeness (QED) is 0.820. The molecule has 0 aliphatic rings. The minimum absolute atomic E-state index is 0.183. The van der Waals surface area contributed by atoms with Crippen molar-refractivity contribution >= 4 is 11.6 Å². The van der Waals surface area contributed by atoms with Crippen molar-refractivity contribution < 1.29 is 4.39 Å². The minimum Gasteiger partial charge on any atom is -0.310 e. The first-order valence-electron chi connectivity index (χ1n) is 7.25. The molecule has 0 heterocycles. The van der Waals surface area contributed by atoms with Crippen LogP contribution in [0.25, 0.3) is 0 Å². The molecular weight excluding hydrogens is 285 g/mol. The third-order valence-electron chi connectivity index (χ3n) is 3.52. The molecule has 112 valence electrons. The molecule has 0 aliphatic heterocycles. The summed E-state index contributed by atoms with van der Waals surface area (Å²) in [5.74, 6) is -0.369. The molecule has 1 N–H and O–H groups in total. The molecular formula is C18H21ClFN. The van der Waals surface area contributed by atoms with Gasteiger partial charge in [0.1, 0.15) is 5.82 Å². The molecule has 0 saturated heterocycles. The van der Waals surface area contributed by atoms with E-state index in [1.54, 1.807) is 12.1 Å². The Morgan fingerprint density at radius 1 is 1.10 bits per heavy atom. The molecule has 0 spiro atoms. The molecule has 0 aliphatic carbocycles. The average molecular weight is 306 g/mol. The van der Waals surface area contributed by atoms with Gasteiger partial charge in [-0.05, 0) is 50.1 Å². The van der Waals surface area contributed by atoms with Gasteiger partial charge in [0, 0.05) is 6.04 Å². The van der Waals surface area contributed by atoms with Crippen molar-refractivity contribution in [2.45, 2.75) is 33.2 Å². The zero-order valence-electron chi connectivity index (χ0n) is 12.7. The van der Waals surface area contributed by atoms with Gasteiger partial charge in [-0.15, -0.1) is 0 Å². The van der Waals surface area contributed by atoms with Crippen LogP contribution in [-0.2, 0) is 6.42 Å². The van der Waals surface area contributed by atoms with Crippen LogP contribution in [0.5, 0.6) is 0 Å². The normalized spacial score (nSPS) is 12.4. The van der Waals surface area contributed by atoms with Crippen molar-refractivity contribution in [1.29, 1.82) is 0 Å². The maximum Gasteiger partial charge on any atom is 0.141 e. The van der Waals surface area contributed by atoms with Gasteiger partial charge in [-0.1, -0.05) is 53.9 Å². The number of hydrogen-bond donors (Lipinski definition) is 1. The molecule has 2 rings (SSSR count). The summed E-state index contributed by atoms with van der Waals surface area (Å²) in [6.45, 7) is 7.18. The first kappa shape index (κ1) is 16.0. The first-order valence-corrected chi connectivity index (χ1v) is 7.63. The largest absolute Gasteiger partial charge is 0.310 e. The molecule has 0 bridgehead atoms. The summed E-state index contributed by atoms with van der Waals surface area (Å²) in [6, 6.07) is 11.7. The number of aryl methyl sites for hydroxylation is 2. The van der Waals surface area contributed by atoms with E-state index < -0.39 is 0 Å². The lowest BCUT2D eigenvalue weighted by Gasteiger charge is -2.20. The molecule has 0 aromatic heterocycles. The van der Waals surface area contributed by atoms with E-state index in [0.29, 0.717) is 0 Å². The van der Waals surface area contributed by atoms with Gasteiger partial charge in [0.2, 0.25) is 0 Å². The zero-order chi connectivity index (χ0) is 15.4. The van der Waals surface area contributed by atoms with Gasteiger partial charge in [0.25, 0.3) is 0 Å². The third-order valence-corrected chi connectivity index (χ3v) is 3.81. The smallest absolute Gasteiger partial charge is 0.141 e. The molecule has 2 aromatic rings. The monoisotopic (exact) mass is 305 g/mol. The number of rotatable bonds is 5. The molecule has 0 saturated carbocycles. The van der Waals surface area contributed by atoms with Crippen LogP contribution in [0.2, 0.25) is 5.02 Å². The standard InChI is InChI=1S/C18H21ClFN/c1-4-21-18(15-8-12(2)7-13(3)9-15)11-14-5-6-17(20)16(19)10-14/h5-10,18,21H,4,11H2,1-3H3. The van der Waals surface area contributed by atoms with Crippen molar-refractivity contribution in [3.63, 3.8) is 0 Å². The Morgan fingerprint density at radius 2 is 1.76 bits per heavy atom. The summed E-state index contributed by atoms with van der Waals surface area (Å²) in [5, 5.41) is 3.68. The second-order valence-corrected chi connectivity index (χ2v) is 5.89. The van der Waals surface area contributed by atoms with E-state index in [9.17, 15) is 4.39 Å². The first-order chi connectivity index (χ1) is 9.99. The highest BCUT2D eigenvalue weighted by atomic mass is 35.5. The van der Waals surface area contributed by atoms with Gasteiger partial charge in [-0.25, -0.2) is 4.39 Å². The fourth-order valence-electron chi connectivity index (χ4n) is 2.67. The fraction of sp³-hybridized carbons (Fsp3) is 0.333. The van der Waals surface area contributed by atoms with Crippen LogP contribution in [0.15, 0.2) is 36.4 Å². The Balaban J connectivity index is 2.27. The summed E-state index contributed by atoms with van der Waals surface area (Å²) in [5.41, 5.74) is 4.80. The predicted octanol–water partition coefficient (Wildman–Crippen LogP) is 4.99. The average Bonchev–Trinajstić information content (AvgIpc) is 2.41. The van der Waals surface area contributed by atoms with Crippen LogP contribution >= 0.6 is 11.6 Å². The van der Waals surface area contributed by atoms with E-state index in [4.69, 9.17) is 11.6 Å². The third kappa shape index (κ3) is 4.29. The molecule has 1 atom stereocenters. The van der Waals surface area contributed by atoms with E-state index >= 15 is 0 Å². The van der Waals surface area contributed by atoms with Crippen molar-refractivity contribution in [3.05, 3.63) is 69.5 Å². The van der Waals surface area contributed by atoms with Crippen LogP contribution in [0.3, 0.4) is 0 Å². The van der Waals surface area contributed by atoms with Crippen molar-refractivity contribution in [1.82, 2.24) is 5.32 Å². The van der Waals surface area contributed by atoms with Gasteiger partial charge in [-0.2, -0.15) is 0 Å². The van der Waals surface area contributed by atoms with Gasteiger partial charge in [-0.3, -0.25) is 0 Å². The Labute approximate surface area is 131 Å². The second-order valence-electron chi connectivity index (χ2n) is 5.48. The van der Waals surface area contributed by atoms with Crippen LogP contribution in [0.1, 0.15) is 35.2 Å². The molecule has 0 amide bonds. The van der Waals surface area contributed by atoms with Crippen LogP contribution in [0.4, 0.5) is 4.39 Å². The van der Waals surface area contributed by atoms with E-state index in [-0.39, 0.29) is 16.9 Å². The van der Waals surface area contributed by atoms with Gasteiger partial charge >= 0.3 is 0 Å². The zero-order valence-corrected chi connectivity index (χ0v) is 13.5.